The molecule has 7 nitrogen and oxygen atoms in total. The van der Waals surface area contributed by atoms with Gasteiger partial charge in [0.05, 0.1) is 18.7 Å². The second-order valence-corrected chi connectivity index (χ2v) is 7.69. The van der Waals surface area contributed by atoms with E-state index in [0.717, 1.165) is 22.3 Å². The summed E-state index contributed by atoms with van der Waals surface area (Å²) in [6.07, 6.45) is 0. The topological polar surface area (TPSA) is 86.4 Å². The minimum Gasteiger partial charge on any atom is -0.504 e. The number of carbonyl (C=O) groups excluding carboxylic acids is 1. The number of carbonyl (C=O) groups is 1. The van der Waals surface area contributed by atoms with E-state index in [2.05, 4.69) is 21.1 Å². The fourth-order valence-electron chi connectivity index (χ4n) is 3.97. The van der Waals surface area contributed by atoms with Gasteiger partial charge in [0.25, 0.3) is 11.7 Å². The lowest BCUT2D eigenvalue weighted by Crippen LogP contribution is -2.48. The predicted molar refractivity (Wildman–Crippen MR) is 116 cm³/mol. The van der Waals surface area contributed by atoms with Crippen LogP contribution in [0.3, 0.4) is 0 Å². The minimum atomic E-state index is -0.0245. The molecule has 2 aromatic carbocycles. The molecule has 7 heteroatoms. The van der Waals surface area contributed by atoms with Crippen LogP contribution in [0.2, 0.25) is 0 Å². The first-order valence-electron chi connectivity index (χ1n) is 9.87. The van der Waals surface area contributed by atoms with E-state index in [4.69, 9.17) is 16.6 Å². The summed E-state index contributed by atoms with van der Waals surface area (Å²) < 4.78 is 5.38. The van der Waals surface area contributed by atoms with Crippen molar-refractivity contribution in [3.05, 3.63) is 75.6 Å². The number of H-pyrrole nitrogens is 1. The molecule has 1 saturated heterocycles. The van der Waals surface area contributed by atoms with Crippen LogP contribution in [0.15, 0.2) is 36.4 Å². The van der Waals surface area contributed by atoms with Gasteiger partial charge in [0.2, 0.25) is 0 Å². The zero-order valence-corrected chi connectivity index (χ0v) is 17.6. The first kappa shape index (κ1) is 20.2. The zero-order valence-electron chi connectivity index (χ0n) is 17.6. The number of hydrogen-bond donors (Lipinski definition) is 1. The molecule has 31 heavy (non-hydrogen) atoms. The van der Waals surface area contributed by atoms with Crippen molar-refractivity contribution >= 4 is 11.7 Å². The molecule has 1 amide bonds. The standard InChI is InChI=1S/C24H21N5O2/c1-14-9-15(2)20(10-19(14)21-22(31-4)23(26-3)28-27-21)24(30)29-12-18(13-29)17-7-5-16(11-25)6-8-17/h5-10,18H,12-13H2,1-2,4H3,(H,27,28). The van der Waals surface area contributed by atoms with Gasteiger partial charge in [-0.25, -0.2) is 5.10 Å². The average molecular weight is 411 g/mol. The second kappa shape index (κ2) is 7.97. The number of methoxy groups -OCH3 is 1. The fourth-order valence-corrected chi connectivity index (χ4v) is 3.97. The molecule has 0 radical (unpaired) electrons. The van der Waals surface area contributed by atoms with E-state index in [-0.39, 0.29) is 17.6 Å². The first-order valence-corrected chi connectivity index (χ1v) is 9.87. The van der Waals surface area contributed by atoms with Gasteiger partial charge in [0.1, 0.15) is 5.69 Å². The van der Waals surface area contributed by atoms with Gasteiger partial charge in [-0.2, -0.15) is 5.26 Å². The third kappa shape index (κ3) is 3.51. The van der Waals surface area contributed by atoms with Crippen LogP contribution in [-0.4, -0.2) is 41.2 Å². The van der Waals surface area contributed by atoms with Crippen molar-refractivity contribution in [1.82, 2.24) is 15.1 Å². The summed E-state index contributed by atoms with van der Waals surface area (Å²) in [6, 6.07) is 13.5. The second-order valence-electron chi connectivity index (χ2n) is 7.69. The van der Waals surface area contributed by atoms with E-state index in [1.54, 1.807) is 0 Å². The van der Waals surface area contributed by atoms with Crippen LogP contribution in [0.1, 0.15) is 38.5 Å². The van der Waals surface area contributed by atoms with E-state index < -0.39 is 0 Å². The average Bonchev–Trinajstić information content (AvgIpc) is 3.16. The van der Waals surface area contributed by atoms with Crippen LogP contribution in [-0.2, 0) is 0 Å². The van der Waals surface area contributed by atoms with Crippen LogP contribution in [0.25, 0.3) is 16.1 Å². The Morgan fingerprint density at radius 1 is 1.26 bits per heavy atom. The number of benzene rings is 2. The highest BCUT2D eigenvalue weighted by atomic mass is 16.5. The molecule has 2 heterocycles. The highest BCUT2D eigenvalue weighted by molar-refractivity contribution is 5.98. The number of nitrogens with one attached hydrogen (secondary N) is 1. The molecule has 0 unspecified atom stereocenters. The molecule has 3 aromatic rings. The summed E-state index contributed by atoms with van der Waals surface area (Å²) in [6.45, 7) is 12.4. The molecular formula is C24H21N5O2. The summed E-state index contributed by atoms with van der Waals surface area (Å²) in [4.78, 5) is 18.4. The van der Waals surface area contributed by atoms with Gasteiger partial charge < -0.3 is 14.5 Å². The van der Waals surface area contributed by atoms with Gasteiger partial charge in [-0.1, -0.05) is 29.9 Å². The molecule has 0 atom stereocenters. The molecule has 4 rings (SSSR count). The lowest BCUT2D eigenvalue weighted by molar-refractivity contribution is 0.0601. The number of ether oxygens (including phenoxy) is 1. The zero-order chi connectivity index (χ0) is 22.1. The maximum absolute atomic E-state index is 13.2. The molecule has 1 aliphatic rings. The van der Waals surface area contributed by atoms with Crippen LogP contribution in [0.4, 0.5) is 5.82 Å². The summed E-state index contributed by atoms with van der Waals surface area (Å²) in [5, 5.41) is 15.9. The Kier molecular flexibility index (Phi) is 5.19. The van der Waals surface area contributed by atoms with Gasteiger partial charge in [-0.05, 0) is 48.7 Å². The molecule has 1 aromatic heterocycles. The SMILES string of the molecule is [C-]#[N+]c1[nH]nc(-c2cc(C(=O)N3CC(c4ccc(C#N)cc4)C3)c(C)cc2C)c1OC. The van der Waals surface area contributed by atoms with Gasteiger partial charge in [-0.15, -0.1) is 0 Å². The number of hydrogen-bond acceptors (Lipinski definition) is 4. The Morgan fingerprint density at radius 3 is 2.58 bits per heavy atom. The van der Waals surface area contributed by atoms with Gasteiger partial charge in [0.15, 0.2) is 5.75 Å². The smallest absolute Gasteiger partial charge is 0.292 e. The summed E-state index contributed by atoms with van der Waals surface area (Å²) in [5.74, 6) is 0.863. The number of rotatable bonds is 4. The maximum atomic E-state index is 13.2. The normalized spacial score (nSPS) is 13.3. The quantitative estimate of drug-likeness (QED) is 0.646. The van der Waals surface area contributed by atoms with Crippen molar-refractivity contribution in [2.75, 3.05) is 20.2 Å². The molecular weight excluding hydrogens is 390 g/mol. The van der Waals surface area contributed by atoms with Crippen LogP contribution in [0.5, 0.6) is 5.75 Å². The predicted octanol–water partition coefficient (Wildman–Crippen LogP) is 4.36. The first-order chi connectivity index (χ1) is 15.0. The Labute approximate surface area is 180 Å². The molecule has 0 aliphatic carbocycles. The number of aromatic nitrogens is 2. The Bertz CT molecular complexity index is 1240. The number of likely N-dealkylation sites (tertiary alicyclic amines) is 1. The minimum absolute atomic E-state index is 0.0245. The molecule has 1 N–H and O–H groups in total. The molecule has 154 valence electrons. The molecule has 0 saturated carbocycles. The summed E-state index contributed by atoms with van der Waals surface area (Å²) in [5.41, 5.74) is 5.53. The number of nitriles is 1. The van der Waals surface area contributed by atoms with Crippen molar-refractivity contribution in [1.29, 1.82) is 5.26 Å². The summed E-state index contributed by atoms with van der Waals surface area (Å²) in [7, 11) is 1.50. The molecule has 0 bridgehead atoms. The molecule has 0 spiro atoms. The Morgan fingerprint density at radius 2 is 1.97 bits per heavy atom. The number of aryl methyl sites for hydroxylation is 2. The van der Waals surface area contributed by atoms with Crippen molar-refractivity contribution in [2.45, 2.75) is 19.8 Å². The number of aromatic amines is 1. The third-order valence-electron chi connectivity index (χ3n) is 5.76. The number of amides is 1. The van der Waals surface area contributed by atoms with Crippen LogP contribution in [0, 0.1) is 31.8 Å². The highest BCUT2D eigenvalue weighted by Crippen LogP contribution is 2.38. The van der Waals surface area contributed by atoms with E-state index in [1.165, 1.54) is 7.11 Å². The van der Waals surface area contributed by atoms with Gasteiger partial charge >= 0.3 is 0 Å². The lowest BCUT2D eigenvalue weighted by Gasteiger charge is -2.40. The van der Waals surface area contributed by atoms with Gasteiger partial charge in [-0.3, -0.25) is 4.79 Å². The van der Waals surface area contributed by atoms with Crippen molar-refractivity contribution in [3.63, 3.8) is 0 Å². The summed E-state index contributed by atoms with van der Waals surface area (Å²) >= 11 is 0. The maximum Gasteiger partial charge on any atom is 0.292 e. The van der Waals surface area contributed by atoms with Crippen LogP contribution >= 0.6 is 0 Å². The van der Waals surface area contributed by atoms with E-state index in [1.807, 2.05) is 55.1 Å². The fraction of sp³-hybridized carbons (Fsp3) is 0.250. The monoisotopic (exact) mass is 411 g/mol. The van der Waals surface area contributed by atoms with E-state index in [0.29, 0.717) is 35.7 Å². The third-order valence-corrected chi connectivity index (χ3v) is 5.76. The molecule has 1 fully saturated rings. The highest BCUT2D eigenvalue weighted by Gasteiger charge is 2.33. The molecule has 1 aliphatic heterocycles. The van der Waals surface area contributed by atoms with Crippen molar-refractivity contribution < 1.29 is 9.53 Å². The number of nitrogens with zero attached hydrogens (tertiary/aromatic N) is 4. The Balaban J connectivity index is 1.58. The Hall–Kier alpha value is -4.10. The lowest BCUT2D eigenvalue weighted by atomic mass is 9.89. The van der Waals surface area contributed by atoms with Crippen molar-refractivity contribution in [3.8, 4) is 23.1 Å². The van der Waals surface area contributed by atoms with E-state index >= 15 is 0 Å². The van der Waals surface area contributed by atoms with Crippen LogP contribution < -0.4 is 4.74 Å². The van der Waals surface area contributed by atoms with Gasteiger partial charge in [0, 0.05) is 30.1 Å². The van der Waals surface area contributed by atoms with Crippen molar-refractivity contribution in [2.24, 2.45) is 0 Å². The largest absolute Gasteiger partial charge is 0.504 e. The van der Waals surface area contributed by atoms with E-state index in [9.17, 15) is 4.79 Å².